The number of hydrogen-bond donors (Lipinski definition) is 1. The number of carbonyl (C=O) groups excluding carboxylic acids is 4. The van der Waals surface area contributed by atoms with E-state index in [0.717, 1.165) is 12.0 Å². The van der Waals surface area contributed by atoms with E-state index in [2.05, 4.69) is 13.8 Å². The summed E-state index contributed by atoms with van der Waals surface area (Å²) in [6, 6.07) is 0. The highest BCUT2D eigenvalue weighted by atomic mass is 16.6. The minimum atomic E-state index is -1.45. The summed E-state index contributed by atoms with van der Waals surface area (Å²) in [6.45, 7) is 11.1. The Hall–Kier alpha value is -2.28. The number of aliphatic hydroxyl groups is 1. The molecule has 4 aliphatic carbocycles. The molecule has 0 aromatic rings. The van der Waals surface area contributed by atoms with Gasteiger partial charge in [-0.05, 0) is 62.0 Å². The lowest BCUT2D eigenvalue weighted by molar-refractivity contribution is -0.202. The average molecular weight is 515 g/mol. The van der Waals surface area contributed by atoms with E-state index >= 15 is 0 Å². The average Bonchev–Trinajstić information content (AvgIpc) is 3.10. The van der Waals surface area contributed by atoms with E-state index in [1.165, 1.54) is 0 Å². The molecule has 0 aromatic heterocycles. The molecule has 0 bridgehead atoms. The van der Waals surface area contributed by atoms with Gasteiger partial charge in [0.2, 0.25) is 5.78 Å². The second kappa shape index (κ2) is 9.79. The molecule has 7 nitrogen and oxygen atoms in total. The van der Waals surface area contributed by atoms with E-state index in [1.807, 2.05) is 19.9 Å². The van der Waals surface area contributed by atoms with Crippen LogP contribution in [0.15, 0.2) is 23.8 Å². The van der Waals surface area contributed by atoms with E-state index in [-0.39, 0.29) is 41.8 Å². The number of allylic oxidation sites excluding steroid dienone is 4. The highest BCUT2D eigenvalue weighted by Crippen LogP contribution is 2.68. The molecule has 3 saturated carbocycles. The molecule has 1 N–H and O–H groups in total. The van der Waals surface area contributed by atoms with Gasteiger partial charge in [-0.1, -0.05) is 53.2 Å². The van der Waals surface area contributed by atoms with Crippen molar-refractivity contribution in [2.45, 2.75) is 91.8 Å². The topological polar surface area (TPSA) is 107 Å². The first-order valence-corrected chi connectivity index (χ1v) is 13.9. The Morgan fingerprint density at radius 3 is 2.57 bits per heavy atom. The molecule has 0 amide bonds. The second-order valence-electron chi connectivity index (χ2n) is 12.5. The number of rotatable bonds is 7. The molecule has 4 aliphatic rings. The molecule has 4 rings (SSSR count). The Morgan fingerprint density at radius 1 is 1.22 bits per heavy atom. The van der Waals surface area contributed by atoms with Gasteiger partial charge in [0.1, 0.15) is 0 Å². The van der Waals surface area contributed by atoms with Crippen LogP contribution in [0, 0.1) is 40.4 Å². The number of carbonyl (C=O) groups is 4. The van der Waals surface area contributed by atoms with Crippen molar-refractivity contribution in [3.63, 3.8) is 0 Å². The number of aliphatic hydroxyl groups excluding tert-OH is 1. The van der Waals surface area contributed by atoms with Crippen molar-refractivity contribution >= 4 is 23.5 Å². The molecule has 0 saturated heterocycles. The molecule has 0 heterocycles. The fourth-order valence-electron chi connectivity index (χ4n) is 8.29. The summed E-state index contributed by atoms with van der Waals surface area (Å²) in [5.41, 5.74) is -1.63. The largest absolute Gasteiger partial charge is 0.457 e. The summed E-state index contributed by atoms with van der Waals surface area (Å²) in [6.07, 6.45) is 7.45. The quantitative estimate of drug-likeness (QED) is 0.503. The van der Waals surface area contributed by atoms with Gasteiger partial charge in [0, 0.05) is 23.2 Å². The molecule has 2 unspecified atom stereocenters. The van der Waals surface area contributed by atoms with Crippen LogP contribution >= 0.6 is 0 Å². The van der Waals surface area contributed by atoms with Crippen molar-refractivity contribution < 1.29 is 33.8 Å². The zero-order chi connectivity index (χ0) is 27.3. The molecule has 0 spiro atoms. The predicted octanol–water partition coefficient (Wildman–Crippen LogP) is 4.36. The molecule has 204 valence electrons. The molecule has 0 radical (unpaired) electrons. The van der Waals surface area contributed by atoms with Crippen molar-refractivity contribution in [1.29, 1.82) is 0 Å². The molecule has 8 atom stereocenters. The minimum Gasteiger partial charge on any atom is -0.457 e. The molecule has 0 aromatic carbocycles. The van der Waals surface area contributed by atoms with Gasteiger partial charge in [-0.25, -0.2) is 0 Å². The number of esters is 2. The maximum Gasteiger partial charge on any atom is 0.308 e. The summed E-state index contributed by atoms with van der Waals surface area (Å²) in [5, 5.41) is 11.7. The van der Waals surface area contributed by atoms with E-state index in [4.69, 9.17) is 9.47 Å². The van der Waals surface area contributed by atoms with Crippen LogP contribution in [-0.4, -0.2) is 46.9 Å². The summed E-state index contributed by atoms with van der Waals surface area (Å²) < 4.78 is 11.4. The molecular formula is C30H42O7. The van der Waals surface area contributed by atoms with Gasteiger partial charge in [0.05, 0.1) is 12.0 Å². The summed E-state index contributed by atoms with van der Waals surface area (Å²) >= 11 is 0. The predicted molar refractivity (Wildman–Crippen MR) is 137 cm³/mol. The van der Waals surface area contributed by atoms with Crippen LogP contribution in [0.25, 0.3) is 0 Å². The van der Waals surface area contributed by atoms with Crippen molar-refractivity contribution in [2.24, 2.45) is 40.4 Å². The zero-order valence-electron chi connectivity index (χ0n) is 23.0. The van der Waals surface area contributed by atoms with Gasteiger partial charge < -0.3 is 14.6 Å². The fourth-order valence-corrected chi connectivity index (χ4v) is 8.29. The third kappa shape index (κ3) is 4.31. The molecule has 3 fully saturated rings. The van der Waals surface area contributed by atoms with Gasteiger partial charge in [-0.3, -0.25) is 19.2 Å². The maximum atomic E-state index is 13.9. The van der Waals surface area contributed by atoms with Crippen molar-refractivity contribution in [1.82, 2.24) is 0 Å². The number of fused-ring (bicyclic) bond motifs is 5. The van der Waals surface area contributed by atoms with Crippen LogP contribution in [0.2, 0.25) is 0 Å². The van der Waals surface area contributed by atoms with E-state index in [9.17, 15) is 24.3 Å². The Morgan fingerprint density at radius 2 is 1.92 bits per heavy atom. The number of ether oxygens (including phenoxy) is 2. The fraction of sp³-hybridized carbons (Fsp3) is 0.733. The first-order valence-electron chi connectivity index (χ1n) is 13.9. The SMILES string of the molecule is CCCC(=O)O[C@]1(C(=O)COC(=O)C(C)C)CC[C@H]2[C@@H]3CC(C)C4=CC(=O)C=C[C@]4(C)[C@H]3C(O)C[C@@]21C. The maximum absolute atomic E-state index is 13.9. The van der Waals surface area contributed by atoms with Crippen LogP contribution in [0.5, 0.6) is 0 Å². The minimum absolute atomic E-state index is 0.0165. The summed E-state index contributed by atoms with van der Waals surface area (Å²) in [5.74, 6) is -1.54. The van der Waals surface area contributed by atoms with Gasteiger partial charge in [-0.15, -0.1) is 0 Å². The van der Waals surface area contributed by atoms with Crippen molar-refractivity contribution in [3.8, 4) is 0 Å². The second-order valence-corrected chi connectivity index (χ2v) is 12.5. The molecule has 37 heavy (non-hydrogen) atoms. The van der Waals surface area contributed by atoms with Crippen LogP contribution in [-0.2, 0) is 28.7 Å². The molecule has 7 heteroatoms. The Labute approximate surface area is 220 Å². The lowest BCUT2D eigenvalue weighted by atomic mass is 9.44. The smallest absolute Gasteiger partial charge is 0.308 e. The van der Waals surface area contributed by atoms with Gasteiger partial charge in [-0.2, -0.15) is 0 Å². The van der Waals surface area contributed by atoms with Crippen LogP contribution in [0.4, 0.5) is 0 Å². The number of Topliss-reactive ketones (excluding diaryl/α,β-unsaturated/α-hetero) is 1. The van der Waals surface area contributed by atoms with Gasteiger partial charge in [0.25, 0.3) is 0 Å². The van der Waals surface area contributed by atoms with Gasteiger partial charge >= 0.3 is 11.9 Å². The van der Waals surface area contributed by atoms with Crippen LogP contribution in [0.3, 0.4) is 0 Å². The highest BCUT2D eigenvalue weighted by molar-refractivity contribution is 6.01. The zero-order valence-corrected chi connectivity index (χ0v) is 23.0. The standard InChI is InChI=1S/C30H42O7/c1-7-8-25(34)37-30(24(33)16-36-27(35)17(2)3)12-10-21-20-13-18(4)22-14-19(31)9-11-28(22,5)26(20)23(32)15-29(21,30)6/h9,11,14,17-18,20-21,23,26,32H,7-8,10,12-13,15-16H2,1-6H3/t18?,20-,21-,23?,26+,28-,29-,30-/m0/s1. The monoisotopic (exact) mass is 514 g/mol. The van der Waals surface area contributed by atoms with E-state index < -0.39 is 46.9 Å². The summed E-state index contributed by atoms with van der Waals surface area (Å²) in [4.78, 5) is 51.1. The highest BCUT2D eigenvalue weighted by Gasteiger charge is 2.70. The molecule has 0 aliphatic heterocycles. The van der Waals surface area contributed by atoms with Gasteiger partial charge in [0.15, 0.2) is 18.0 Å². The van der Waals surface area contributed by atoms with Crippen molar-refractivity contribution in [2.75, 3.05) is 6.61 Å². The summed E-state index contributed by atoms with van der Waals surface area (Å²) in [7, 11) is 0. The van der Waals surface area contributed by atoms with Crippen molar-refractivity contribution in [3.05, 3.63) is 23.8 Å². The first-order chi connectivity index (χ1) is 17.3. The number of ketones is 2. The third-order valence-corrected chi connectivity index (χ3v) is 9.95. The third-order valence-electron chi connectivity index (χ3n) is 9.95. The van der Waals surface area contributed by atoms with Crippen LogP contribution < -0.4 is 0 Å². The number of hydrogen-bond acceptors (Lipinski definition) is 7. The molecular weight excluding hydrogens is 472 g/mol. The Balaban J connectivity index is 1.72. The van der Waals surface area contributed by atoms with E-state index in [0.29, 0.717) is 25.7 Å². The lowest BCUT2D eigenvalue weighted by Gasteiger charge is -2.61. The Bertz CT molecular complexity index is 1040. The lowest BCUT2D eigenvalue weighted by Crippen LogP contribution is -2.63. The van der Waals surface area contributed by atoms with Crippen LogP contribution in [0.1, 0.15) is 80.1 Å². The van der Waals surface area contributed by atoms with E-state index in [1.54, 1.807) is 26.0 Å². The normalized spacial score (nSPS) is 40.4. The first kappa shape index (κ1) is 27.7. The Kier molecular flexibility index (Phi) is 7.34.